The molecular weight excluding hydrogens is 348 g/mol. The molecule has 1 aliphatic rings. The molecule has 3 rings (SSSR count). The SMILES string of the molecule is N#Cc1ccccc1N1CCCN(C(=O)CNc2ccccc2Cl)CC1. The molecule has 0 bridgehead atoms. The van der Waals surface area contributed by atoms with Gasteiger partial charge in [0.05, 0.1) is 28.5 Å². The number of rotatable bonds is 4. The summed E-state index contributed by atoms with van der Waals surface area (Å²) >= 11 is 6.11. The summed E-state index contributed by atoms with van der Waals surface area (Å²) in [5.41, 5.74) is 2.38. The number of hydrogen-bond donors (Lipinski definition) is 1. The van der Waals surface area contributed by atoms with E-state index in [4.69, 9.17) is 11.6 Å². The van der Waals surface area contributed by atoms with Crippen molar-refractivity contribution in [2.45, 2.75) is 6.42 Å². The third-order valence-electron chi connectivity index (χ3n) is 4.52. The van der Waals surface area contributed by atoms with Gasteiger partial charge in [0.25, 0.3) is 0 Å². The zero-order valence-electron chi connectivity index (χ0n) is 14.5. The summed E-state index contributed by atoms with van der Waals surface area (Å²) in [7, 11) is 0. The van der Waals surface area contributed by atoms with Crippen molar-refractivity contribution >= 4 is 28.9 Å². The van der Waals surface area contributed by atoms with E-state index < -0.39 is 0 Å². The molecule has 1 saturated heterocycles. The highest BCUT2D eigenvalue weighted by Gasteiger charge is 2.20. The lowest BCUT2D eigenvalue weighted by Crippen LogP contribution is -2.38. The van der Waals surface area contributed by atoms with Gasteiger partial charge in [0.2, 0.25) is 5.91 Å². The molecule has 1 aliphatic heterocycles. The number of hydrogen-bond acceptors (Lipinski definition) is 4. The van der Waals surface area contributed by atoms with E-state index in [0.29, 0.717) is 23.7 Å². The first-order valence-electron chi connectivity index (χ1n) is 8.69. The number of halogens is 1. The molecule has 26 heavy (non-hydrogen) atoms. The second-order valence-corrected chi connectivity index (χ2v) is 6.59. The standard InChI is InChI=1S/C20H21ClN4O/c21-17-7-2-3-8-18(17)23-15-20(26)25-11-5-10-24(12-13-25)19-9-4-1-6-16(19)14-22/h1-4,6-9,23H,5,10-13,15H2. The third-order valence-corrected chi connectivity index (χ3v) is 4.85. The predicted molar refractivity (Wildman–Crippen MR) is 105 cm³/mol. The van der Waals surface area contributed by atoms with Crippen LogP contribution in [-0.2, 0) is 4.79 Å². The largest absolute Gasteiger partial charge is 0.375 e. The van der Waals surface area contributed by atoms with E-state index in [1.165, 1.54) is 0 Å². The van der Waals surface area contributed by atoms with Crippen molar-refractivity contribution in [1.82, 2.24) is 4.90 Å². The maximum absolute atomic E-state index is 12.6. The Morgan fingerprint density at radius 3 is 2.65 bits per heavy atom. The lowest BCUT2D eigenvalue weighted by atomic mass is 10.1. The Morgan fingerprint density at radius 1 is 1.08 bits per heavy atom. The molecule has 1 N–H and O–H groups in total. The van der Waals surface area contributed by atoms with Crippen molar-refractivity contribution in [2.24, 2.45) is 0 Å². The van der Waals surface area contributed by atoms with Crippen molar-refractivity contribution in [2.75, 3.05) is 42.9 Å². The molecule has 2 aromatic carbocycles. The first-order chi connectivity index (χ1) is 12.7. The van der Waals surface area contributed by atoms with Gasteiger partial charge in [0, 0.05) is 26.2 Å². The minimum absolute atomic E-state index is 0.0559. The van der Waals surface area contributed by atoms with E-state index in [-0.39, 0.29) is 12.5 Å². The van der Waals surface area contributed by atoms with Crippen LogP contribution in [0.1, 0.15) is 12.0 Å². The molecule has 0 aromatic heterocycles. The molecule has 1 amide bonds. The van der Waals surface area contributed by atoms with Gasteiger partial charge in [-0.1, -0.05) is 35.9 Å². The quantitative estimate of drug-likeness (QED) is 0.898. The number of nitriles is 1. The van der Waals surface area contributed by atoms with Crippen molar-refractivity contribution in [1.29, 1.82) is 5.26 Å². The molecule has 5 nitrogen and oxygen atoms in total. The van der Waals surface area contributed by atoms with Gasteiger partial charge in [-0.2, -0.15) is 5.26 Å². The Morgan fingerprint density at radius 2 is 1.85 bits per heavy atom. The van der Waals surface area contributed by atoms with Gasteiger partial charge in [-0.05, 0) is 30.7 Å². The molecule has 0 atom stereocenters. The monoisotopic (exact) mass is 368 g/mol. The number of anilines is 2. The molecule has 134 valence electrons. The van der Waals surface area contributed by atoms with E-state index in [2.05, 4.69) is 16.3 Å². The summed E-state index contributed by atoms with van der Waals surface area (Å²) < 4.78 is 0. The van der Waals surface area contributed by atoms with Crippen LogP contribution in [0.15, 0.2) is 48.5 Å². The number of carbonyl (C=O) groups excluding carboxylic acids is 1. The number of nitrogens with one attached hydrogen (secondary N) is 1. The Hall–Kier alpha value is -2.71. The van der Waals surface area contributed by atoms with Gasteiger partial charge in [-0.25, -0.2) is 0 Å². The second-order valence-electron chi connectivity index (χ2n) is 6.18. The van der Waals surface area contributed by atoms with Crippen LogP contribution in [0.5, 0.6) is 0 Å². The van der Waals surface area contributed by atoms with Gasteiger partial charge in [-0.15, -0.1) is 0 Å². The van der Waals surface area contributed by atoms with Gasteiger partial charge >= 0.3 is 0 Å². The molecule has 6 heteroatoms. The zero-order valence-corrected chi connectivity index (χ0v) is 15.2. The zero-order chi connectivity index (χ0) is 18.4. The van der Waals surface area contributed by atoms with E-state index in [0.717, 1.165) is 30.9 Å². The van der Waals surface area contributed by atoms with Gasteiger partial charge in [0.1, 0.15) is 6.07 Å². The number of para-hydroxylation sites is 2. The van der Waals surface area contributed by atoms with Crippen LogP contribution in [-0.4, -0.2) is 43.5 Å². The number of benzene rings is 2. The molecule has 2 aromatic rings. The molecule has 0 aliphatic carbocycles. The summed E-state index contributed by atoms with van der Waals surface area (Å²) in [6.07, 6.45) is 0.873. The smallest absolute Gasteiger partial charge is 0.241 e. The lowest BCUT2D eigenvalue weighted by Gasteiger charge is -2.24. The van der Waals surface area contributed by atoms with Crippen LogP contribution in [0, 0.1) is 11.3 Å². The summed E-state index contributed by atoms with van der Waals surface area (Å²) in [5.74, 6) is 0.0559. The molecule has 0 saturated carbocycles. The highest BCUT2D eigenvalue weighted by molar-refractivity contribution is 6.33. The number of amides is 1. The van der Waals surface area contributed by atoms with Gasteiger partial charge in [-0.3, -0.25) is 4.79 Å². The molecular formula is C20H21ClN4O. The maximum atomic E-state index is 12.6. The van der Waals surface area contributed by atoms with Crippen LogP contribution < -0.4 is 10.2 Å². The fourth-order valence-corrected chi connectivity index (χ4v) is 3.34. The minimum Gasteiger partial charge on any atom is -0.375 e. The average molecular weight is 369 g/mol. The van der Waals surface area contributed by atoms with E-state index in [9.17, 15) is 10.1 Å². The van der Waals surface area contributed by atoms with Crippen molar-refractivity contribution in [3.63, 3.8) is 0 Å². The molecule has 0 spiro atoms. The highest BCUT2D eigenvalue weighted by atomic mass is 35.5. The fourth-order valence-electron chi connectivity index (χ4n) is 3.14. The Balaban J connectivity index is 1.59. The first kappa shape index (κ1) is 18.1. The molecule has 0 radical (unpaired) electrons. The molecule has 1 heterocycles. The number of nitrogens with zero attached hydrogens (tertiary/aromatic N) is 3. The Kier molecular flexibility index (Phi) is 5.98. The van der Waals surface area contributed by atoms with E-state index in [1.807, 2.05) is 47.4 Å². The highest BCUT2D eigenvalue weighted by Crippen LogP contribution is 2.22. The van der Waals surface area contributed by atoms with Crippen LogP contribution >= 0.6 is 11.6 Å². The number of carbonyl (C=O) groups is 1. The van der Waals surface area contributed by atoms with Crippen LogP contribution in [0.3, 0.4) is 0 Å². The topological polar surface area (TPSA) is 59.4 Å². The summed E-state index contributed by atoms with van der Waals surface area (Å²) in [6, 6.07) is 17.3. The van der Waals surface area contributed by atoms with E-state index >= 15 is 0 Å². The summed E-state index contributed by atoms with van der Waals surface area (Å²) in [6.45, 7) is 3.13. The van der Waals surface area contributed by atoms with Crippen LogP contribution in [0.25, 0.3) is 0 Å². The normalized spacial score (nSPS) is 14.5. The predicted octanol–water partition coefficient (Wildman–Crippen LogP) is 3.36. The van der Waals surface area contributed by atoms with E-state index in [1.54, 1.807) is 6.07 Å². The van der Waals surface area contributed by atoms with Crippen molar-refractivity contribution < 1.29 is 4.79 Å². The van der Waals surface area contributed by atoms with Crippen LogP contribution in [0.2, 0.25) is 5.02 Å². The molecule has 0 unspecified atom stereocenters. The fraction of sp³-hybridized carbons (Fsp3) is 0.300. The summed E-state index contributed by atoms with van der Waals surface area (Å²) in [5, 5.41) is 13.0. The third kappa shape index (κ3) is 4.27. The maximum Gasteiger partial charge on any atom is 0.241 e. The van der Waals surface area contributed by atoms with Gasteiger partial charge in [0.15, 0.2) is 0 Å². The second kappa shape index (κ2) is 8.59. The molecule has 1 fully saturated rings. The van der Waals surface area contributed by atoms with Crippen LogP contribution in [0.4, 0.5) is 11.4 Å². The lowest BCUT2D eigenvalue weighted by molar-refractivity contribution is -0.129. The minimum atomic E-state index is 0.0559. The summed E-state index contributed by atoms with van der Waals surface area (Å²) in [4.78, 5) is 16.6. The van der Waals surface area contributed by atoms with Crippen molar-refractivity contribution in [3.8, 4) is 6.07 Å². The first-order valence-corrected chi connectivity index (χ1v) is 9.07. The average Bonchev–Trinajstić information content (AvgIpc) is 2.93. The Bertz CT molecular complexity index is 817. The Labute approximate surface area is 158 Å². The van der Waals surface area contributed by atoms with Crippen molar-refractivity contribution in [3.05, 3.63) is 59.1 Å². The van der Waals surface area contributed by atoms with Gasteiger partial charge < -0.3 is 15.1 Å².